The van der Waals surface area contributed by atoms with Crippen LogP contribution >= 0.6 is 0 Å². The Morgan fingerprint density at radius 1 is 1.50 bits per heavy atom. The summed E-state index contributed by atoms with van der Waals surface area (Å²) in [6.45, 7) is 0.662. The van der Waals surface area contributed by atoms with Crippen molar-refractivity contribution in [1.29, 1.82) is 5.26 Å². The van der Waals surface area contributed by atoms with E-state index in [1.54, 1.807) is 12.1 Å². The molecule has 0 aliphatic heterocycles. The van der Waals surface area contributed by atoms with Gasteiger partial charge in [-0.05, 0) is 12.1 Å². The summed E-state index contributed by atoms with van der Waals surface area (Å²) in [6, 6.07) is 5.29. The average Bonchev–Trinajstić information content (AvgIpc) is 2.34. The minimum atomic E-state index is -0.636. The average molecular weight is 249 g/mol. The van der Waals surface area contributed by atoms with Crippen LogP contribution in [-0.2, 0) is 0 Å². The lowest BCUT2D eigenvalue weighted by Crippen LogP contribution is -2.33. The highest BCUT2D eigenvalue weighted by Crippen LogP contribution is 2.22. The summed E-state index contributed by atoms with van der Waals surface area (Å²) >= 11 is 0. The van der Waals surface area contributed by atoms with E-state index in [9.17, 15) is 14.9 Å². The number of anilines is 1. The van der Waals surface area contributed by atoms with Crippen molar-refractivity contribution < 1.29 is 9.72 Å². The standard InChI is InChI=1S/C10H11N5O3/c11-6-7-1-2-8(5-9(7)15(17)18)13-3-4-14-10(12)16/h1-2,5,13H,3-4H2,(H3,12,14,16). The highest BCUT2D eigenvalue weighted by molar-refractivity contribution is 5.71. The van der Waals surface area contributed by atoms with Crippen molar-refractivity contribution in [3.63, 3.8) is 0 Å². The number of carbonyl (C=O) groups is 1. The molecule has 0 aromatic heterocycles. The Hall–Kier alpha value is -2.82. The third-order valence-corrected chi connectivity index (χ3v) is 2.07. The molecule has 0 radical (unpaired) electrons. The van der Waals surface area contributed by atoms with Gasteiger partial charge in [-0.1, -0.05) is 0 Å². The molecule has 4 N–H and O–H groups in total. The molecular formula is C10H11N5O3. The molecule has 94 valence electrons. The summed E-state index contributed by atoms with van der Waals surface area (Å²) < 4.78 is 0. The number of nitrogens with zero attached hydrogens (tertiary/aromatic N) is 2. The quantitative estimate of drug-likeness (QED) is 0.398. The second kappa shape index (κ2) is 6.05. The number of nitrogens with one attached hydrogen (secondary N) is 2. The number of nitriles is 1. The van der Waals surface area contributed by atoms with Gasteiger partial charge >= 0.3 is 6.03 Å². The van der Waals surface area contributed by atoms with E-state index in [1.807, 2.05) is 0 Å². The number of benzene rings is 1. The largest absolute Gasteiger partial charge is 0.383 e. The van der Waals surface area contributed by atoms with Crippen molar-refractivity contribution in [2.75, 3.05) is 18.4 Å². The third kappa shape index (κ3) is 3.64. The Labute approximate surface area is 103 Å². The van der Waals surface area contributed by atoms with Gasteiger partial charge in [0.15, 0.2) is 0 Å². The molecule has 0 saturated carbocycles. The van der Waals surface area contributed by atoms with E-state index in [-0.39, 0.29) is 11.3 Å². The minimum absolute atomic E-state index is 0.000751. The second-order valence-corrected chi connectivity index (χ2v) is 3.32. The van der Waals surface area contributed by atoms with E-state index in [2.05, 4.69) is 10.6 Å². The van der Waals surface area contributed by atoms with Crippen LogP contribution < -0.4 is 16.4 Å². The molecule has 0 atom stereocenters. The van der Waals surface area contributed by atoms with Crippen molar-refractivity contribution in [3.05, 3.63) is 33.9 Å². The number of carbonyl (C=O) groups excluding carboxylic acids is 1. The number of nitro benzene ring substituents is 1. The van der Waals surface area contributed by atoms with Crippen LogP contribution in [0.3, 0.4) is 0 Å². The van der Waals surface area contributed by atoms with E-state index < -0.39 is 11.0 Å². The molecule has 0 bridgehead atoms. The molecule has 0 saturated heterocycles. The Balaban J connectivity index is 2.68. The van der Waals surface area contributed by atoms with E-state index in [0.717, 1.165) is 0 Å². The Bertz CT molecular complexity index is 509. The summed E-state index contributed by atoms with van der Waals surface area (Å²) in [5, 5.41) is 24.6. The first-order valence-electron chi connectivity index (χ1n) is 5.00. The SMILES string of the molecule is N#Cc1ccc(NCCNC(N)=O)cc1[N+](=O)[O-]. The van der Waals surface area contributed by atoms with Crippen LogP contribution in [0.4, 0.5) is 16.2 Å². The molecule has 0 fully saturated rings. The van der Waals surface area contributed by atoms with E-state index in [4.69, 9.17) is 11.0 Å². The Morgan fingerprint density at radius 2 is 2.22 bits per heavy atom. The van der Waals surface area contributed by atoms with Crippen LogP contribution in [0.5, 0.6) is 0 Å². The van der Waals surface area contributed by atoms with Crippen molar-refractivity contribution in [2.24, 2.45) is 5.73 Å². The lowest BCUT2D eigenvalue weighted by atomic mass is 10.2. The van der Waals surface area contributed by atoms with Gasteiger partial charge < -0.3 is 16.4 Å². The third-order valence-electron chi connectivity index (χ3n) is 2.07. The van der Waals surface area contributed by atoms with Crippen LogP contribution in [0, 0.1) is 21.4 Å². The number of primary amides is 1. The van der Waals surface area contributed by atoms with Gasteiger partial charge in [0.25, 0.3) is 5.69 Å². The first-order valence-corrected chi connectivity index (χ1v) is 5.00. The van der Waals surface area contributed by atoms with Crippen molar-refractivity contribution in [3.8, 4) is 6.07 Å². The summed E-state index contributed by atoms with van der Waals surface area (Å²) in [5.74, 6) is 0. The molecule has 0 aliphatic rings. The van der Waals surface area contributed by atoms with Gasteiger partial charge in [0.1, 0.15) is 11.6 Å². The molecule has 1 aromatic carbocycles. The molecule has 2 amide bonds. The van der Waals surface area contributed by atoms with Crippen LogP contribution in [0.1, 0.15) is 5.56 Å². The highest BCUT2D eigenvalue weighted by Gasteiger charge is 2.13. The fourth-order valence-corrected chi connectivity index (χ4v) is 1.28. The second-order valence-electron chi connectivity index (χ2n) is 3.32. The van der Waals surface area contributed by atoms with Crippen LogP contribution in [0.15, 0.2) is 18.2 Å². The number of amides is 2. The number of nitro groups is 1. The van der Waals surface area contributed by atoms with Crippen molar-refractivity contribution in [1.82, 2.24) is 5.32 Å². The van der Waals surface area contributed by atoms with E-state index in [0.29, 0.717) is 18.8 Å². The molecule has 18 heavy (non-hydrogen) atoms. The van der Waals surface area contributed by atoms with Gasteiger partial charge in [-0.2, -0.15) is 5.26 Å². The lowest BCUT2D eigenvalue weighted by molar-refractivity contribution is -0.385. The van der Waals surface area contributed by atoms with Gasteiger partial charge in [-0.25, -0.2) is 4.79 Å². The van der Waals surface area contributed by atoms with Crippen molar-refractivity contribution in [2.45, 2.75) is 0 Å². The summed E-state index contributed by atoms with van der Waals surface area (Å²) in [6.07, 6.45) is 0. The van der Waals surface area contributed by atoms with Crippen molar-refractivity contribution >= 4 is 17.4 Å². The topological polar surface area (TPSA) is 134 Å². The van der Waals surface area contributed by atoms with Gasteiger partial charge in [0, 0.05) is 24.8 Å². The number of urea groups is 1. The fourth-order valence-electron chi connectivity index (χ4n) is 1.28. The number of hydrogen-bond acceptors (Lipinski definition) is 5. The number of nitrogens with two attached hydrogens (primary N) is 1. The molecule has 8 heteroatoms. The fraction of sp³-hybridized carbons (Fsp3) is 0.200. The minimum Gasteiger partial charge on any atom is -0.383 e. The number of rotatable bonds is 5. The zero-order valence-corrected chi connectivity index (χ0v) is 9.34. The zero-order valence-electron chi connectivity index (χ0n) is 9.34. The molecule has 0 spiro atoms. The van der Waals surface area contributed by atoms with Gasteiger partial charge in [-0.3, -0.25) is 10.1 Å². The Morgan fingerprint density at radius 3 is 2.78 bits per heavy atom. The zero-order chi connectivity index (χ0) is 13.5. The molecule has 0 heterocycles. The lowest BCUT2D eigenvalue weighted by Gasteiger charge is -2.06. The highest BCUT2D eigenvalue weighted by atomic mass is 16.6. The molecular weight excluding hydrogens is 238 g/mol. The maximum Gasteiger partial charge on any atom is 0.312 e. The van der Waals surface area contributed by atoms with Crippen LogP contribution in [0.25, 0.3) is 0 Å². The van der Waals surface area contributed by atoms with Crippen LogP contribution in [-0.4, -0.2) is 24.0 Å². The maximum atomic E-state index is 10.7. The molecule has 8 nitrogen and oxygen atoms in total. The first-order chi connectivity index (χ1) is 8.54. The van der Waals surface area contributed by atoms with Gasteiger partial charge in [-0.15, -0.1) is 0 Å². The normalized spacial score (nSPS) is 9.28. The van der Waals surface area contributed by atoms with E-state index >= 15 is 0 Å². The predicted octanol–water partition coefficient (Wildman–Crippen LogP) is 0.547. The molecule has 1 aromatic rings. The van der Waals surface area contributed by atoms with Crippen LogP contribution in [0.2, 0.25) is 0 Å². The molecule has 0 unspecified atom stereocenters. The van der Waals surface area contributed by atoms with E-state index in [1.165, 1.54) is 12.1 Å². The monoisotopic (exact) mass is 249 g/mol. The molecule has 0 aliphatic carbocycles. The molecule has 1 rings (SSSR count). The summed E-state index contributed by atoms with van der Waals surface area (Å²) in [4.78, 5) is 20.5. The predicted molar refractivity (Wildman–Crippen MR) is 63.9 cm³/mol. The first kappa shape index (κ1) is 13.2. The smallest absolute Gasteiger partial charge is 0.312 e. The number of hydrogen-bond donors (Lipinski definition) is 3. The Kier molecular flexibility index (Phi) is 4.45. The summed E-state index contributed by atoms with van der Waals surface area (Å²) in [7, 11) is 0. The maximum absolute atomic E-state index is 10.7. The van der Waals surface area contributed by atoms with Gasteiger partial charge in [0.2, 0.25) is 0 Å². The van der Waals surface area contributed by atoms with Gasteiger partial charge in [0.05, 0.1) is 4.92 Å². The summed E-state index contributed by atoms with van der Waals surface area (Å²) in [5.41, 5.74) is 5.10.